The Kier molecular flexibility index (Phi) is 5.03. The number of ether oxygens (including phenoxy) is 1. The van der Waals surface area contributed by atoms with Crippen LogP contribution in [0.3, 0.4) is 0 Å². The molecule has 2 aromatic rings. The standard InChI is InChI=1S/C14H11BrClFN2O2/c15-10-6-9(2-3-11(10)17)21-7-14(20)19-13-4-1-8(16)5-12(13)18/h1-6H,7,18H2,(H,19,20). The summed E-state index contributed by atoms with van der Waals surface area (Å²) in [6.45, 7) is -0.222. The molecule has 0 fully saturated rings. The lowest BCUT2D eigenvalue weighted by Crippen LogP contribution is -2.20. The maximum atomic E-state index is 13.1. The van der Waals surface area contributed by atoms with Gasteiger partial charge in [0.2, 0.25) is 0 Å². The molecule has 0 unspecified atom stereocenters. The molecule has 2 aromatic carbocycles. The molecule has 1 amide bonds. The van der Waals surface area contributed by atoms with E-state index in [-0.39, 0.29) is 17.0 Å². The van der Waals surface area contributed by atoms with Crippen molar-refractivity contribution in [3.63, 3.8) is 0 Å². The van der Waals surface area contributed by atoms with Crippen molar-refractivity contribution in [2.45, 2.75) is 0 Å². The van der Waals surface area contributed by atoms with E-state index in [1.54, 1.807) is 12.1 Å². The number of amides is 1. The first kappa shape index (κ1) is 15.6. The van der Waals surface area contributed by atoms with E-state index in [1.807, 2.05) is 0 Å². The number of anilines is 2. The number of hydrogen-bond acceptors (Lipinski definition) is 3. The van der Waals surface area contributed by atoms with Crippen molar-refractivity contribution < 1.29 is 13.9 Å². The first-order chi connectivity index (χ1) is 9.95. The maximum absolute atomic E-state index is 13.1. The van der Waals surface area contributed by atoms with Crippen LogP contribution in [0.2, 0.25) is 5.02 Å². The summed E-state index contributed by atoms with van der Waals surface area (Å²) in [7, 11) is 0. The summed E-state index contributed by atoms with van der Waals surface area (Å²) in [4.78, 5) is 11.8. The van der Waals surface area contributed by atoms with Crippen molar-refractivity contribution in [3.8, 4) is 5.75 Å². The van der Waals surface area contributed by atoms with Crippen LogP contribution in [0.4, 0.5) is 15.8 Å². The summed E-state index contributed by atoms with van der Waals surface area (Å²) in [6.07, 6.45) is 0. The molecule has 110 valence electrons. The lowest BCUT2D eigenvalue weighted by molar-refractivity contribution is -0.118. The van der Waals surface area contributed by atoms with Crippen LogP contribution in [0, 0.1) is 5.82 Å². The Bertz CT molecular complexity index is 682. The van der Waals surface area contributed by atoms with Gasteiger partial charge in [0.15, 0.2) is 6.61 Å². The van der Waals surface area contributed by atoms with E-state index in [4.69, 9.17) is 22.1 Å². The molecular formula is C14H11BrClFN2O2. The summed E-state index contributed by atoms with van der Waals surface area (Å²) in [6, 6.07) is 8.88. The van der Waals surface area contributed by atoms with Crippen molar-refractivity contribution >= 4 is 44.8 Å². The minimum Gasteiger partial charge on any atom is -0.484 e. The van der Waals surface area contributed by atoms with Gasteiger partial charge in [0, 0.05) is 5.02 Å². The topological polar surface area (TPSA) is 64.3 Å². The Morgan fingerprint density at radius 2 is 2.10 bits per heavy atom. The SMILES string of the molecule is Nc1cc(Cl)ccc1NC(=O)COc1ccc(F)c(Br)c1. The molecule has 0 heterocycles. The van der Waals surface area contributed by atoms with Gasteiger partial charge < -0.3 is 15.8 Å². The van der Waals surface area contributed by atoms with Gasteiger partial charge in [-0.15, -0.1) is 0 Å². The Hall–Kier alpha value is -1.79. The molecule has 2 rings (SSSR count). The first-order valence-electron chi connectivity index (χ1n) is 5.88. The Balaban J connectivity index is 1.94. The van der Waals surface area contributed by atoms with Gasteiger partial charge >= 0.3 is 0 Å². The molecule has 0 aliphatic carbocycles. The second kappa shape index (κ2) is 6.78. The number of rotatable bonds is 4. The van der Waals surface area contributed by atoms with E-state index < -0.39 is 5.82 Å². The maximum Gasteiger partial charge on any atom is 0.262 e. The minimum atomic E-state index is -0.402. The van der Waals surface area contributed by atoms with Crippen molar-refractivity contribution in [1.29, 1.82) is 0 Å². The number of carbonyl (C=O) groups is 1. The lowest BCUT2D eigenvalue weighted by atomic mass is 10.2. The average molecular weight is 374 g/mol. The van der Waals surface area contributed by atoms with Gasteiger partial charge in [0.05, 0.1) is 15.8 Å². The van der Waals surface area contributed by atoms with Gasteiger partial charge in [-0.25, -0.2) is 4.39 Å². The fourth-order valence-electron chi connectivity index (χ4n) is 1.55. The fraction of sp³-hybridized carbons (Fsp3) is 0.0714. The summed E-state index contributed by atoms with van der Waals surface area (Å²) in [5.41, 5.74) is 6.54. The minimum absolute atomic E-state index is 0.222. The second-order valence-corrected chi connectivity index (χ2v) is 5.44. The number of benzene rings is 2. The summed E-state index contributed by atoms with van der Waals surface area (Å²) < 4.78 is 18.6. The van der Waals surface area contributed by atoms with Crippen molar-refractivity contribution in [3.05, 3.63) is 51.7 Å². The summed E-state index contributed by atoms with van der Waals surface area (Å²) in [5.74, 6) is -0.410. The molecular weight excluding hydrogens is 363 g/mol. The number of nitrogen functional groups attached to an aromatic ring is 1. The highest BCUT2D eigenvalue weighted by molar-refractivity contribution is 9.10. The zero-order chi connectivity index (χ0) is 15.4. The second-order valence-electron chi connectivity index (χ2n) is 4.14. The Morgan fingerprint density at radius 3 is 2.76 bits per heavy atom. The highest BCUT2D eigenvalue weighted by Crippen LogP contribution is 2.23. The summed E-state index contributed by atoms with van der Waals surface area (Å²) in [5, 5.41) is 3.08. The van der Waals surface area contributed by atoms with Crippen LogP contribution in [0.1, 0.15) is 0 Å². The molecule has 0 aliphatic heterocycles. The zero-order valence-electron chi connectivity index (χ0n) is 10.7. The molecule has 0 saturated carbocycles. The van der Waals surface area contributed by atoms with Crippen molar-refractivity contribution in [1.82, 2.24) is 0 Å². The molecule has 0 spiro atoms. The number of halogens is 3. The van der Waals surface area contributed by atoms with E-state index in [0.29, 0.717) is 22.1 Å². The van der Waals surface area contributed by atoms with Gasteiger partial charge in [-0.1, -0.05) is 11.6 Å². The molecule has 0 saturated heterocycles. The third-order valence-corrected chi connectivity index (χ3v) is 3.39. The van der Waals surface area contributed by atoms with E-state index in [0.717, 1.165) is 0 Å². The van der Waals surface area contributed by atoms with Gasteiger partial charge in [0.1, 0.15) is 11.6 Å². The monoisotopic (exact) mass is 372 g/mol. The van der Waals surface area contributed by atoms with Crippen LogP contribution in [-0.4, -0.2) is 12.5 Å². The molecule has 0 atom stereocenters. The van der Waals surface area contributed by atoms with Crippen LogP contribution < -0.4 is 15.8 Å². The van der Waals surface area contributed by atoms with Gasteiger partial charge in [-0.3, -0.25) is 4.79 Å². The summed E-state index contributed by atoms with van der Waals surface area (Å²) >= 11 is 8.81. The lowest BCUT2D eigenvalue weighted by Gasteiger charge is -2.10. The number of nitrogens with two attached hydrogens (primary N) is 1. The molecule has 3 N–H and O–H groups in total. The average Bonchev–Trinajstić information content (AvgIpc) is 2.43. The molecule has 21 heavy (non-hydrogen) atoms. The highest BCUT2D eigenvalue weighted by atomic mass is 79.9. The predicted molar refractivity (Wildman–Crippen MR) is 84.1 cm³/mol. The number of hydrogen-bond donors (Lipinski definition) is 2. The van der Waals surface area contributed by atoms with Crippen LogP contribution in [0.25, 0.3) is 0 Å². The van der Waals surface area contributed by atoms with Gasteiger partial charge in [-0.05, 0) is 52.3 Å². The Labute approximate surface area is 134 Å². The molecule has 0 aromatic heterocycles. The molecule has 0 radical (unpaired) electrons. The quantitative estimate of drug-likeness (QED) is 0.800. The zero-order valence-corrected chi connectivity index (χ0v) is 13.0. The largest absolute Gasteiger partial charge is 0.484 e. The fourth-order valence-corrected chi connectivity index (χ4v) is 2.09. The normalized spacial score (nSPS) is 10.2. The van der Waals surface area contributed by atoms with Gasteiger partial charge in [0.25, 0.3) is 5.91 Å². The molecule has 0 aliphatic rings. The highest BCUT2D eigenvalue weighted by Gasteiger charge is 2.08. The third-order valence-electron chi connectivity index (χ3n) is 2.55. The van der Waals surface area contributed by atoms with Crippen LogP contribution in [-0.2, 0) is 4.79 Å². The molecule has 7 heteroatoms. The predicted octanol–water partition coefficient (Wildman–Crippen LogP) is 3.84. The number of carbonyl (C=O) groups excluding carboxylic acids is 1. The van der Waals surface area contributed by atoms with E-state index >= 15 is 0 Å². The smallest absolute Gasteiger partial charge is 0.262 e. The van der Waals surface area contributed by atoms with Crippen molar-refractivity contribution in [2.24, 2.45) is 0 Å². The third kappa shape index (κ3) is 4.34. The van der Waals surface area contributed by atoms with Crippen molar-refractivity contribution in [2.75, 3.05) is 17.7 Å². The van der Waals surface area contributed by atoms with Gasteiger partial charge in [-0.2, -0.15) is 0 Å². The van der Waals surface area contributed by atoms with E-state index in [1.165, 1.54) is 24.3 Å². The molecule has 4 nitrogen and oxygen atoms in total. The van der Waals surface area contributed by atoms with E-state index in [9.17, 15) is 9.18 Å². The van der Waals surface area contributed by atoms with E-state index in [2.05, 4.69) is 21.2 Å². The van der Waals surface area contributed by atoms with Crippen LogP contribution >= 0.6 is 27.5 Å². The first-order valence-corrected chi connectivity index (χ1v) is 7.05. The Morgan fingerprint density at radius 1 is 1.33 bits per heavy atom. The molecule has 0 bridgehead atoms. The number of nitrogens with one attached hydrogen (secondary N) is 1. The van der Waals surface area contributed by atoms with Crippen LogP contribution in [0.5, 0.6) is 5.75 Å². The van der Waals surface area contributed by atoms with Crippen LogP contribution in [0.15, 0.2) is 40.9 Å².